The Kier molecular flexibility index (Phi) is 5.35. The molecule has 0 spiro atoms. The normalized spacial score (nSPS) is 20.6. The molecule has 25 heavy (non-hydrogen) atoms. The molecule has 1 saturated heterocycles. The average Bonchev–Trinajstić information content (AvgIpc) is 2.93. The van der Waals surface area contributed by atoms with Crippen LogP contribution in [0.1, 0.15) is 22.5 Å². The first-order chi connectivity index (χ1) is 12.0. The summed E-state index contributed by atoms with van der Waals surface area (Å²) in [7, 11) is 0. The largest absolute Gasteiger partial charge is 0.392 e. The highest BCUT2D eigenvalue weighted by Crippen LogP contribution is 2.20. The van der Waals surface area contributed by atoms with E-state index in [1.165, 1.54) is 0 Å². The van der Waals surface area contributed by atoms with Crippen LogP contribution in [0.15, 0.2) is 42.6 Å². The quantitative estimate of drug-likeness (QED) is 0.865. The molecule has 2 atom stereocenters. The van der Waals surface area contributed by atoms with E-state index in [0.717, 1.165) is 11.8 Å². The number of rotatable bonds is 5. The second kappa shape index (κ2) is 7.67. The van der Waals surface area contributed by atoms with Gasteiger partial charge in [-0.2, -0.15) is 0 Å². The van der Waals surface area contributed by atoms with Gasteiger partial charge < -0.3 is 10.4 Å². The van der Waals surface area contributed by atoms with Crippen molar-refractivity contribution in [2.45, 2.75) is 25.1 Å². The van der Waals surface area contributed by atoms with Crippen molar-refractivity contribution in [3.05, 3.63) is 65.5 Å². The maximum Gasteiger partial charge on any atom is 0.272 e. The SMILES string of the molecule is O=C(NC[C@@H]1C[C@H](O)CN1Cc1ccccc1)c1ncc(F)cc1F. The van der Waals surface area contributed by atoms with Gasteiger partial charge in [0.2, 0.25) is 0 Å². The minimum absolute atomic E-state index is 0.0670. The molecule has 0 unspecified atom stereocenters. The number of hydrogen-bond acceptors (Lipinski definition) is 4. The number of halogens is 2. The summed E-state index contributed by atoms with van der Waals surface area (Å²) in [5.74, 6) is -2.52. The number of carbonyl (C=O) groups excluding carboxylic acids is 1. The smallest absolute Gasteiger partial charge is 0.272 e. The second-order valence-corrected chi connectivity index (χ2v) is 6.15. The lowest BCUT2D eigenvalue weighted by atomic mass is 10.1. The minimum Gasteiger partial charge on any atom is -0.392 e. The van der Waals surface area contributed by atoms with Crippen molar-refractivity contribution in [2.24, 2.45) is 0 Å². The Bertz CT molecular complexity index is 742. The van der Waals surface area contributed by atoms with E-state index in [9.17, 15) is 18.7 Å². The first-order valence-electron chi connectivity index (χ1n) is 8.08. The van der Waals surface area contributed by atoms with Gasteiger partial charge in [-0.15, -0.1) is 0 Å². The Morgan fingerprint density at radius 2 is 2.08 bits per heavy atom. The lowest BCUT2D eigenvalue weighted by molar-refractivity contribution is 0.0930. The number of nitrogens with one attached hydrogen (secondary N) is 1. The van der Waals surface area contributed by atoms with Gasteiger partial charge in [-0.05, 0) is 12.0 Å². The van der Waals surface area contributed by atoms with Crippen LogP contribution >= 0.6 is 0 Å². The number of hydrogen-bond donors (Lipinski definition) is 2. The van der Waals surface area contributed by atoms with Crippen molar-refractivity contribution in [1.29, 1.82) is 0 Å². The number of aliphatic hydroxyl groups is 1. The zero-order valence-electron chi connectivity index (χ0n) is 13.5. The molecule has 0 saturated carbocycles. The van der Waals surface area contributed by atoms with Gasteiger partial charge in [-0.1, -0.05) is 30.3 Å². The van der Waals surface area contributed by atoms with E-state index in [1.54, 1.807) is 0 Å². The summed E-state index contributed by atoms with van der Waals surface area (Å²) >= 11 is 0. The molecule has 1 fully saturated rings. The second-order valence-electron chi connectivity index (χ2n) is 6.15. The van der Waals surface area contributed by atoms with E-state index in [2.05, 4.69) is 15.2 Å². The number of amides is 1. The number of β-amino-alcohol motifs (C(OH)–C–C–N with tert-alkyl or cyclic N) is 1. The van der Waals surface area contributed by atoms with E-state index in [1.807, 2.05) is 30.3 Å². The number of aliphatic hydroxyl groups excluding tert-OH is 1. The van der Waals surface area contributed by atoms with Crippen LogP contribution in [0.2, 0.25) is 0 Å². The monoisotopic (exact) mass is 347 g/mol. The summed E-state index contributed by atoms with van der Waals surface area (Å²) in [5.41, 5.74) is 0.675. The van der Waals surface area contributed by atoms with Crippen LogP contribution in [0.3, 0.4) is 0 Å². The molecule has 5 nitrogen and oxygen atoms in total. The highest BCUT2D eigenvalue weighted by molar-refractivity contribution is 5.92. The lowest BCUT2D eigenvalue weighted by Crippen LogP contribution is -2.40. The Labute approximate surface area is 144 Å². The van der Waals surface area contributed by atoms with Gasteiger partial charge in [0, 0.05) is 31.7 Å². The fraction of sp³-hybridized carbons (Fsp3) is 0.333. The van der Waals surface area contributed by atoms with Gasteiger partial charge >= 0.3 is 0 Å². The number of nitrogens with zero attached hydrogens (tertiary/aromatic N) is 2. The van der Waals surface area contributed by atoms with Crippen molar-refractivity contribution in [3.63, 3.8) is 0 Å². The maximum atomic E-state index is 13.6. The third kappa shape index (κ3) is 4.37. The third-order valence-electron chi connectivity index (χ3n) is 4.26. The summed E-state index contributed by atoms with van der Waals surface area (Å²) in [5, 5.41) is 12.6. The van der Waals surface area contributed by atoms with Crippen LogP contribution in [0.25, 0.3) is 0 Å². The molecular formula is C18H19F2N3O2. The number of benzene rings is 1. The molecule has 1 aromatic carbocycles. The molecule has 0 radical (unpaired) electrons. The minimum atomic E-state index is -0.995. The zero-order chi connectivity index (χ0) is 17.8. The fourth-order valence-electron chi connectivity index (χ4n) is 3.06. The summed E-state index contributed by atoms with van der Waals surface area (Å²) in [6, 6.07) is 10.4. The number of pyridine rings is 1. The van der Waals surface area contributed by atoms with Crippen LogP contribution in [-0.4, -0.2) is 46.1 Å². The molecule has 1 amide bonds. The first kappa shape index (κ1) is 17.4. The Balaban J connectivity index is 1.61. The predicted molar refractivity (Wildman–Crippen MR) is 87.8 cm³/mol. The van der Waals surface area contributed by atoms with E-state index in [0.29, 0.717) is 25.6 Å². The summed E-state index contributed by atoms with van der Waals surface area (Å²) in [4.78, 5) is 17.6. The summed E-state index contributed by atoms with van der Waals surface area (Å²) in [6.07, 6.45) is 0.858. The van der Waals surface area contributed by atoms with E-state index < -0.39 is 29.3 Å². The Hall–Kier alpha value is -2.38. The highest BCUT2D eigenvalue weighted by atomic mass is 19.1. The molecular weight excluding hydrogens is 328 g/mol. The molecule has 0 bridgehead atoms. The third-order valence-corrected chi connectivity index (χ3v) is 4.26. The molecule has 132 valence electrons. The van der Waals surface area contributed by atoms with Crippen molar-refractivity contribution < 1.29 is 18.7 Å². The Morgan fingerprint density at radius 3 is 2.80 bits per heavy atom. The van der Waals surface area contributed by atoms with Gasteiger partial charge in [0.05, 0.1) is 12.3 Å². The molecule has 2 heterocycles. The predicted octanol–water partition coefficient (Wildman–Crippen LogP) is 1.72. The molecule has 0 aliphatic carbocycles. The number of carbonyl (C=O) groups is 1. The first-order valence-corrected chi connectivity index (χ1v) is 8.08. The fourth-order valence-corrected chi connectivity index (χ4v) is 3.06. The average molecular weight is 347 g/mol. The van der Waals surface area contributed by atoms with Crippen molar-refractivity contribution in [3.8, 4) is 0 Å². The molecule has 2 aromatic rings. The van der Waals surface area contributed by atoms with Crippen LogP contribution < -0.4 is 5.32 Å². The van der Waals surface area contributed by atoms with Gasteiger partial charge in [0.1, 0.15) is 5.82 Å². The number of likely N-dealkylation sites (tertiary alicyclic amines) is 1. The molecule has 1 aromatic heterocycles. The van der Waals surface area contributed by atoms with Gasteiger partial charge in [-0.3, -0.25) is 9.69 Å². The Morgan fingerprint density at radius 1 is 1.32 bits per heavy atom. The molecule has 3 rings (SSSR count). The summed E-state index contributed by atoms with van der Waals surface area (Å²) < 4.78 is 26.5. The molecule has 1 aliphatic heterocycles. The van der Waals surface area contributed by atoms with E-state index in [-0.39, 0.29) is 12.6 Å². The van der Waals surface area contributed by atoms with E-state index in [4.69, 9.17) is 0 Å². The topological polar surface area (TPSA) is 65.5 Å². The molecule has 1 aliphatic rings. The van der Waals surface area contributed by atoms with Crippen molar-refractivity contribution in [2.75, 3.05) is 13.1 Å². The standard InChI is InChI=1S/C18H19F2N3O2/c19-13-6-16(20)17(21-8-13)18(25)22-9-14-7-15(24)11-23(14)10-12-4-2-1-3-5-12/h1-6,8,14-15,24H,7,9-11H2,(H,22,25)/t14-,15-/m0/s1. The van der Waals surface area contributed by atoms with Crippen LogP contribution in [0.4, 0.5) is 8.78 Å². The summed E-state index contributed by atoms with van der Waals surface area (Å²) in [6.45, 7) is 1.42. The van der Waals surface area contributed by atoms with Gasteiger partial charge in [0.15, 0.2) is 11.5 Å². The van der Waals surface area contributed by atoms with Gasteiger partial charge in [-0.25, -0.2) is 13.8 Å². The van der Waals surface area contributed by atoms with Gasteiger partial charge in [0.25, 0.3) is 5.91 Å². The number of aromatic nitrogens is 1. The molecule has 2 N–H and O–H groups in total. The van der Waals surface area contributed by atoms with Crippen LogP contribution in [-0.2, 0) is 6.54 Å². The highest BCUT2D eigenvalue weighted by Gasteiger charge is 2.31. The molecule has 7 heteroatoms. The van der Waals surface area contributed by atoms with Crippen molar-refractivity contribution in [1.82, 2.24) is 15.2 Å². The van der Waals surface area contributed by atoms with Crippen molar-refractivity contribution >= 4 is 5.91 Å². The van der Waals surface area contributed by atoms with Crippen LogP contribution in [0.5, 0.6) is 0 Å². The maximum absolute atomic E-state index is 13.6. The van der Waals surface area contributed by atoms with E-state index >= 15 is 0 Å². The zero-order valence-corrected chi connectivity index (χ0v) is 13.5. The van der Waals surface area contributed by atoms with Crippen LogP contribution in [0, 0.1) is 11.6 Å². The lowest BCUT2D eigenvalue weighted by Gasteiger charge is -2.24.